The van der Waals surface area contributed by atoms with Crippen LogP contribution in [0.15, 0.2) is 18.2 Å². The molecule has 0 aromatic heterocycles. The fraction of sp³-hybridized carbons (Fsp3) is 0.600. The fourth-order valence-electron chi connectivity index (χ4n) is 4.07. The highest BCUT2D eigenvalue weighted by atomic mass is 16.2. The van der Waals surface area contributed by atoms with Gasteiger partial charge in [0.05, 0.1) is 26.2 Å². The summed E-state index contributed by atoms with van der Waals surface area (Å²) in [5.74, 6) is 0.661. The molecule has 0 radical (unpaired) electrons. The maximum atomic E-state index is 12.5. The van der Waals surface area contributed by atoms with Gasteiger partial charge in [0.15, 0.2) is 6.54 Å². The smallest absolute Gasteiger partial charge is 0.279 e. The molecular formula is C20H30N3O2+. The number of amides is 2. The minimum Gasteiger partial charge on any atom is -0.331 e. The van der Waals surface area contributed by atoms with E-state index in [0.29, 0.717) is 12.5 Å². The molecule has 3 rings (SSSR count). The van der Waals surface area contributed by atoms with Gasteiger partial charge in [-0.25, -0.2) is 0 Å². The van der Waals surface area contributed by atoms with Crippen molar-refractivity contribution >= 4 is 17.5 Å². The first-order valence-corrected chi connectivity index (χ1v) is 9.53. The van der Waals surface area contributed by atoms with Crippen LogP contribution in [-0.4, -0.2) is 49.4 Å². The van der Waals surface area contributed by atoms with Crippen LogP contribution in [0.25, 0.3) is 0 Å². The van der Waals surface area contributed by atoms with E-state index in [1.54, 1.807) is 0 Å². The second kappa shape index (κ2) is 8.00. The molecular weight excluding hydrogens is 314 g/mol. The summed E-state index contributed by atoms with van der Waals surface area (Å²) in [4.78, 5) is 28.2. The van der Waals surface area contributed by atoms with Crippen molar-refractivity contribution in [1.29, 1.82) is 0 Å². The van der Waals surface area contributed by atoms with E-state index in [4.69, 9.17) is 0 Å². The Balaban J connectivity index is 1.47. The molecule has 1 aliphatic carbocycles. The van der Waals surface area contributed by atoms with Gasteiger partial charge in [0.25, 0.3) is 5.91 Å². The Morgan fingerprint density at radius 3 is 2.32 bits per heavy atom. The van der Waals surface area contributed by atoms with Gasteiger partial charge in [-0.1, -0.05) is 31.0 Å². The molecule has 25 heavy (non-hydrogen) atoms. The Kier molecular flexibility index (Phi) is 5.74. The average Bonchev–Trinajstić information content (AvgIpc) is 3.13. The number of hydrogen-bond donors (Lipinski definition) is 2. The molecule has 5 heteroatoms. The highest BCUT2D eigenvalue weighted by Gasteiger charge is 2.31. The normalized spacial score (nSPS) is 19.2. The first-order chi connectivity index (χ1) is 12.0. The third-order valence-electron chi connectivity index (χ3n) is 5.64. The number of nitrogens with zero attached hydrogens (tertiary/aromatic N) is 1. The first kappa shape index (κ1) is 17.9. The lowest BCUT2D eigenvalue weighted by atomic mass is 10.1. The van der Waals surface area contributed by atoms with Crippen molar-refractivity contribution in [3.05, 3.63) is 29.3 Å². The van der Waals surface area contributed by atoms with Crippen LogP contribution in [0.1, 0.15) is 36.8 Å². The Morgan fingerprint density at radius 1 is 1.12 bits per heavy atom. The molecule has 5 nitrogen and oxygen atoms in total. The molecule has 0 unspecified atom stereocenters. The van der Waals surface area contributed by atoms with E-state index in [0.717, 1.165) is 55.8 Å². The van der Waals surface area contributed by atoms with E-state index in [2.05, 4.69) is 5.32 Å². The maximum Gasteiger partial charge on any atom is 0.279 e. The summed E-state index contributed by atoms with van der Waals surface area (Å²) in [5.41, 5.74) is 3.12. The van der Waals surface area contributed by atoms with E-state index >= 15 is 0 Å². The predicted octanol–water partition coefficient (Wildman–Crippen LogP) is 1.16. The lowest BCUT2D eigenvalue weighted by Gasteiger charge is -2.33. The van der Waals surface area contributed by atoms with Crippen LogP contribution < -0.4 is 10.2 Å². The van der Waals surface area contributed by atoms with Crippen LogP contribution in [0.2, 0.25) is 0 Å². The van der Waals surface area contributed by atoms with E-state index in [1.807, 2.05) is 36.9 Å². The number of para-hydroxylation sites is 1. The van der Waals surface area contributed by atoms with E-state index < -0.39 is 0 Å². The van der Waals surface area contributed by atoms with Crippen molar-refractivity contribution in [2.45, 2.75) is 39.5 Å². The molecule has 2 fully saturated rings. The largest absolute Gasteiger partial charge is 0.331 e. The molecule has 1 saturated carbocycles. The number of anilines is 1. The van der Waals surface area contributed by atoms with Gasteiger partial charge < -0.3 is 15.1 Å². The Bertz CT molecular complexity index is 610. The third kappa shape index (κ3) is 4.40. The number of piperazine rings is 1. The Morgan fingerprint density at radius 2 is 1.72 bits per heavy atom. The second-order valence-corrected chi connectivity index (χ2v) is 7.55. The molecule has 2 aliphatic rings. The molecule has 1 heterocycles. The zero-order valence-electron chi connectivity index (χ0n) is 15.4. The lowest BCUT2D eigenvalue weighted by molar-refractivity contribution is -0.895. The summed E-state index contributed by atoms with van der Waals surface area (Å²) in [6.45, 7) is 7.78. The Hall–Kier alpha value is -1.88. The first-order valence-electron chi connectivity index (χ1n) is 9.53. The van der Waals surface area contributed by atoms with Gasteiger partial charge in [-0.2, -0.15) is 0 Å². The van der Waals surface area contributed by atoms with E-state index in [1.165, 1.54) is 17.7 Å². The zero-order valence-corrected chi connectivity index (χ0v) is 15.4. The summed E-state index contributed by atoms with van der Waals surface area (Å²) in [6.07, 6.45) is 4.51. The number of quaternary nitrogens is 1. The molecule has 1 aromatic rings. The zero-order chi connectivity index (χ0) is 17.8. The molecule has 0 spiro atoms. The highest BCUT2D eigenvalue weighted by molar-refractivity contribution is 5.93. The summed E-state index contributed by atoms with van der Waals surface area (Å²) >= 11 is 0. The SMILES string of the molecule is Cc1cccc(C)c1NC(=O)C[NH+]1CCN(C(=O)C2CCCC2)CC1. The monoisotopic (exact) mass is 344 g/mol. The van der Waals surface area contributed by atoms with E-state index in [9.17, 15) is 9.59 Å². The lowest BCUT2D eigenvalue weighted by Crippen LogP contribution is -3.15. The molecule has 0 atom stereocenters. The number of carbonyl (C=O) groups is 2. The van der Waals surface area contributed by atoms with Gasteiger partial charge in [-0.15, -0.1) is 0 Å². The quantitative estimate of drug-likeness (QED) is 0.861. The number of hydrogen-bond acceptors (Lipinski definition) is 2. The van der Waals surface area contributed by atoms with Crippen LogP contribution in [0.3, 0.4) is 0 Å². The van der Waals surface area contributed by atoms with Crippen LogP contribution in [-0.2, 0) is 9.59 Å². The maximum absolute atomic E-state index is 12.5. The molecule has 1 aromatic carbocycles. The van der Waals surface area contributed by atoms with Crippen molar-refractivity contribution in [3.8, 4) is 0 Å². The van der Waals surface area contributed by atoms with Crippen molar-refractivity contribution < 1.29 is 14.5 Å². The predicted molar refractivity (Wildman–Crippen MR) is 98.6 cm³/mol. The van der Waals surface area contributed by atoms with Gasteiger partial charge >= 0.3 is 0 Å². The number of aryl methyl sites for hydroxylation is 2. The molecule has 1 saturated heterocycles. The molecule has 1 aliphatic heterocycles. The number of rotatable bonds is 4. The molecule has 136 valence electrons. The average molecular weight is 344 g/mol. The third-order valence-corrected chi connectivity index (χ3v) is 5.64. The van der Waals surface area contributed by atoms with Crippen molar-refractivity contribution in [3.63, 3.8) is 0 Å². The highest BCUT2D eigenvalue weighted by Crippen LogP contribution is 2.26. The van der Waals surface area contributed by atoms with Gasteiger partial charge in [0, 0.05) is 11.6 Å². The van der Waals surface area contributed by atoms with Crippen LogP contribution >= 0.6 is 0 Å². The van der Waals surface area contributed by atoms with Crippen LogP contribution in [0.5, 0.6) is 0 Å². The minimum atomic E-state index is 0.0583. The van der Waals surface area contributed by atoms with Crippen molar-refractivity contribution in [2.75, 3.05) is 38.0 Å². The molecule has 0 bridgehead atoms. The topological polar surface area (TPSA) is 53.9 Å². The fourth-order valence-corrected chi connectivity index (χ4v) is 4.07. The molecule has 2 amide bonds. The number of benzene rings is 1. The van der Waals surface area contributed by atoms with Gasteiger partial charge in [0.2, 0.25) is 5.91 Å². The summed E-state index contributed by atoms with van der Waals surface area (Å²) < 4.78 is 0. The van der Waals surface area contributed by atoms with E-state index in [-0.39, 0.29) is 11.8 Å². The van der Waals surface area contributed by atoms with Gasteiger partial charge in [-0.3, -0.25) is 9.59 Å². The Labute approximate surface area is 150 Å². The standard InChI is InChI=1S/C20H29N3O2/c1-15-6-5-7-16(2)19(15)21-18(24)14-22-10-12-23(13-11-22)20(25)17-8-3-4-9-17/h5-7,17H,3-4,8-14H2,1-2H3,(H,21,24)/p+1. The summed E-state index contributed by atoms with van der Waals surface area (Å²) in [5, 5.41) is 3.06. The molecule has 2 N–H and O–H groups in total. The number of nitrogens with one attached hydrogen (secondary N) is 2. The summed E-state index contributed by atoms with van der Waals surface area (Å²) in [6, 6.07) is 6.04. The van der Waals surface area contributed by atoms with Crippen LogP contribution in [0.4, 0.5) is 5.69 Å². The van der Waals surface area contributed by atoms with Crippen molar-refractivity contribution in [2.24, 2.45) is 5.92 Å². The number of carbonyl (C=O) groups excluding carboxylic acids is 2. The van der Waals surface area contributed by atoms with Gasteiger partial charge in [0.1, 0.15) is 0 Å². The van der Waals surface area contributed by atoms with Crippen molar-refractivity contribution in [1.82, 2.24) is 4.90 Å². The van der Waals surface area contributed by atoms with Gasteiger partial charge in [-0.05, 0) is 37.8 Å². The van der Waals surface area contributed by atoms with Crippen LogP contribution in [0, 0.1) is 19.8 Å². The minimum absolute atomic E-state index is 0.0583. The second-order valence-electron chi connectivity index (χ2n) is 7.55. The summed E-state index contributed by atoms with van der Waals surface area (Å²) in [7, 11) is 0.